The van der Waals surface area contributed by atoms with Gasteiger partial charge in [-0.1, -0.05) is 53.1 Å². The Morgan fingerprint density at radius 2 is 1.76 bits per heavy atom. The summed E-state index contributed by atoms with van der Waals surface area (Å²) < 4.78 is 1.57. The van der Waals surface area contributed by atoms with Crippen LogP contribution in [0, 0.1) is 0 Å². The first kappa shape index (κ1) is 21.6. The largest absolute Gasteiger partial charge is 0.867 e. The van der Waals surface area contributed by atoms with Gasteiger partial charge in [0.15, 0.2) is 17.4 Å². The highest BCUT2D eigenvalue weighted by molar-refractivity contribution is 7.81. The number of pyridine rings is 1. The number of aliphatic hydroxyl groups is 1. The first-order chi connectivity index (χ1) is 13.9. The van der Waals surface area contributed by atoms with Crippen LogP contribution in [0.2, 0.25) is 15.1 Å². The molecular weight excluding hydrogens is 451 g/mol. The second-order valence-corrected chi connectivity index (χ2v) is 7.70. The molecule has 29 heavy (non-hydrogen) atoms. The molecule has 0 aliphatic heterocycles. The van der Waals surface area contributed by atoms with E-state index < -0.39 is 0 Å². The molecule has 0 bridgehead atoms. The molecular formula is C21H15Cl3N2O2S. The van der Waals surface area contributed by atoms with Gasteiger partial charge < -0.3 is 15.5 Å². The topological polar surface area (TPSA) is 59.2 Å². The highest BCUT2D eigenvalue weighted by Gasteiger charge is 2.20. The van der Waals surface area contributed by atoms with Crippen molar-refractivity contribution in [2.24, 2.45) is 0 Å². The summed E-state index contributed by atoms with van der Waals surface area (Å²) in [5, 5.41) is 27.0. The van der Waals surface area contributed by atoms with Gasteiger partial charge in [0, 0.05) is 22.3 Å². The average molecular weight is 466 g/mol. The fourth-order valence-corrected chi connectivity index (χ4v) is 3.33. The quantitative estimate of drug-likeness (QED) is 0.251. The third-order valence-corrected chi connectivity index (χ3v) is 5.30. The smallest absolute Gasteiger partial charge is 0.238 e. The first-order valence-electron chi connectivity index (χ1n) is 8.44. The van der Waals surface area contributed by atoms with E-state index in [4.69, 9.17) is 47.0 Å². The van der Waals surface area contributed by atoms with E-state index in [1.165, 1.54) is 6.07 Å². The molecule has 8 heteroatoms. The van der Waals surface area contributed by atoms with Gasteiger partial charge >= 0.3 is 0 Å². The SMILES string of the molecule is [O-]/C(=C(\C(=S)Nc1ccc(Cl)cc1)[n+]1cccc(CO)c1)c1ccc(Cl)c(Cl)c1. The van der Waals surface area contributed by atoms with E-state index in [1.54, 1.807) is 65.5 Å². The van der Waals surface area contributed by atoms with Crippen LogP contribution in [0.3, 0.4) is 0 Å². The molecule has 1 heterocycles. The number of halogens is 3. The van der Waals surface area contributed by atoms with Gasteiger partial charge in [0.05, 0.1) is 16.7 Å². The summed E-state index contributed by atoms with van der Waals surface area (Å²) in [5.41, 5.74) is 1.83. The average Bonchev–Trinajstić information content (AvgIpc) is 2.72. The van der Waals surface area contributed by atoms with Crippen molar-refractivity contribution < 1.29 is 14.8 Å². The van der Waals surface area contributed by atoms with Gasteiger partial charge in [-0.05, 0) is 53.8 Å². The molecule has 148 valence electrons. The summed E-state index contributed by atoms with van der Waals surface area (Å²) in [7, 11) is 0. The molecule has 0 radical (unpaired) electrons. The van der Waals surface area contributed by atoms with E-state index in [2.05, 4.69) is 5.32 Å². The van der Waals surface area contributed by atoms with Gasteiger partial charge in [0.2, 0.25) is 5.70 Å². The Hall–Kier alpha value is -2.15. The van der Waals surface area contributed by atoms with Crippen molar-refractivity contribution in [1.29, 1.82) is 0 Å². The van der Waals surface area contributed by atoms with E-state index in [9.17, 15) is 10.2 Å². The minimum absolute atomic E-state index is 0.174. The second-order valence-electron chi connectivity index (χ2n) is 6.05. The number of aromatic nitrogens is 1. The number of nitrogens with one attached hydrogen (secondary N) is 1. The van der Waals surface area contributed by atoms with E-state index in [1.807, 2.05) is 0 Å². The lowest BCUT2D eigenvalue weighted by atomic mass is 10.1. The number of hydrogen-bond donors (Lipinski definition) is 2. The summed E-state index contributed by atoms with van der Waals surface area (Å²) in [4.78, 5) is 0.198. The zero-order valence-electron chi connectivity index (χ0n) is 14.9. The van der Waals surface area contributed by atoms with Crippen LogP contribution in [0.15, 0.2) is 67.0 Å². The summed E-state index contributed by atoms with van der Waals surface area (Å²) >= 11 is 23.5. The van der Waals surface area contributed by atoms with Gasteiger partial charge in [0.1, 0.15) is 0 Å². The number of benzene rings is 2. The Labute approximate surface area is 188 Å². The Morgan fingerprint density at radius 1 is 1.03 bits per heavy atom. The van der Waals surface area contributed by atoms with Gasteiger partial charge in [-0.15, -0.1) is 0 Å². The van der Waals surface area contributed by atoms with Crippen LogP contribution in [-0.4, -0.2) is 10.1 Å². The minimum atomic E-state index is -0.352. The molecule has 4 nitrogen and oxygen atoms in total. The van der Waals surface area contributed by atoms with Crippen molar-refractivity contribution in [3.05, 3.63) is 93.2 Å². The molecule has 0 fully saturated rings. The van der Waals surface area contributed by atoms with Crippen molar-refractivity contribution in [2.45, 2.75) is 6.61 Å². The van der Waals surface area contributed by atoms with Crippen LogP contribution >= 0.6 is 47.0 Å². The molecule has 1 aromatic heterocycles. The maximum Gasteiger partial charge on any atom is 0.238 e. The highest BCUT2D eigenvalue weighted by atomic mass is 35.5. The van der Waals surface area contributed by atoms with Gasteiger partial charge in [-0.2, -0.15) is 4.57 Å². The summed E-state index contributed by atoms with van der Waals surface area (Å²) in [5.74, 6) is -0.352. The van der Waals surface area contributed by atoms with Crippen molar-refractivity contribution >= 4 is 69.2 Å². The number of rotatable bonds is 5. The summed E-state index contributed by atoms with van der Waals surface area (Å²) in [6.07, 6.45) is 3.32. The summed E-state index contributed by atoms with van der Waals surface area (Å²) in [6, 6.07) is 15.0. The monoisotopic (exact) mass is 464 g/mol. The van der Waals surface area contributed by atoms with Gasteiger partial charge in [-0.25, -0.2) is 0 Å². The zero-order valence-corrected chi connectivity index (χ0v) is 18.0. The lowest BCUT2D eigenvalue weighted by Crippen LogP contribution is -2.40. The van der Waals surface area contributed by atoms with Crippen LogP contribution in [0.5, 0.6) is 0 Å². The van der Waals surface area contributed by atoms with Crippen LogP contribution in [0.1, 0.15) is 11.1 Å². The molecule has 0 saturated carbocycles. The van der Waals surface area contributed by atoms with Crippen LogP contribution < -0.4 is 15.0 Å². The lowest BCUT2D eigenvalue weighted by Gasteiger charge is -2.17. The molecule has 0 saturated heterocycles. The Kier molecular flexibility index (Phi) is 7.11. The normalized spacial score (nSPS) is 11.7. The predicted molar refractivity (Wildman–Crippen MR) is 120 cm³/mol. The number of thiocarbonyl (C=S) groups is 1. The van der Waals surface area contributed by atoms with Gasteiger partial charge in [0.25, 0.3) is 0 Å². The third-order valence-electron chi connectivity index (χ3n) is 4.02. The number of anilines is 1. The van der Waals surface area contributed by atoms with Crippen molar-refractivity contribution in [2.75, 3.05) is 5.32 Å². The van der Waals surface area contributed by atoms with Crippen LogP contribution in [0.4, 0.5) is 5.69 Å². The standard InChI is InChI=1S/C21H15Cl3N2O2S/c22-15-4-6-16(7-5-15)25-21(29)19(26-9-1-2-13(11-26)12-27)20(28)14-3-8-17(23)18(24)10-14/h1-11,27H,12H2,(H-,25,28,29). The van der Waals surface area contributed by atoms with Crippen LogP contribution in [-0.2, 0) is 6.61 Å². The van der Waals surface area contributed by atoms with E-state index in [0.717, 1.165) is 0 Å². The molecule has 2 aromatic carbocycles. The molecule has 0 aliphatic carbocycles. The predicted octanol–water partition coefficient (Wildman–Crippen LogP) is 4.55. The minimum Gasteiger partial charge on any atom is -0.867 e. The van der Waals surface area contributed by atoms with Crippen molar-refractivity contribution in [3.63, 3.8) is 0 Å². The molecule has 3 rings (SSSR count). The molecule has 0 aliphatic rings. The first-order valence-corrected chi connectivity index (χ1v) is 9.98. The molecule has 0 atom stereocenters. The summed E-state index contributed by atoms with van der Waals surface area (Å²) in [6.45, 7) is -0.174. The molecule has 3 aromatic rings. The molecule has 2 N–H and O–H groups in total. The lowest BCUT2D eigenvalue weighted by molar-refractivity contribution is -0.578. The third kappa shape index (κ3) is 5.26. The van der Waals surface area contributed by atoms with Crippen molar-refractivity contribution in [1.82, 2.24) is 0 Å². The zero-order chi connectivity index (χ0) is 21.0. The van der Waals surface area contributed by atoms with Gasteiger partial charge in [-0.3, -0.25) is 0 Å². The number of hydrogen-bond acceptors (Lipinski definition) is 3. The van der Waals surface area contributed by atoms with Crippen LogP contribution in [0.25, 0.3) is 11.5 Å². The van der Waals surface area contributed by atoms with E-state index >= 15 is 0 Å². The maximum absolute atomic E-state index is 13.3. The highest BCUT2D eigenvalue weighted by Crippen LogP contribution is 2.26. The fourth-order valence-electron chi connectivity index (χ4n) is 2.59. The van der Waals surface area contributed by atoms with E-state index in [0.29, 0.717) is 26.9 Å². The maximum atomic E-state index is 13.3. The van der Waals surface area contributed by atoms with Crippen molar-refractivity contribution in [3.8, 4) is 0 Å². The fraction of sp³-hybridized carbons (Fsp3) is 0.0476. The Morgan fingerprint density at radius 3 is 2.41 bits per heavy atom. The Balaban J connectivity index is 2.10. The second kappa shape index (κ2) is 9.57. The molecule has 0 spiro atoms. The number of aliphatic hydroxyl groups excluding tert-OH is 1. The molecule has 0 amide bonds. The number of nitrogens with zero attached hydrogens (tertiary/aromatic N) is 1. The Bertz CT molecular complexity index is 1090. The van der Waals surface area contributed by atoms with E-state index in [-0.39, 0.29) is 28.1 Å². The molecule has 0 unspecified atom stereocenters.